The molecule has 0 fully saturated rings. The third-order valence-electron chi connectivity index (χ3n) is 0.670. The van der Waals surface area contributed by atoms with E-state index >= 15 is 0 Å². The number of rotatable bonds is 1. The third-order valence-corrected chi connectivity index (χ3v) is 1.50. The van der Waals surface area contributed by atoms with Crippen LogP contribution in [0, 0.1) is 0 Å². The van der Waals surface area contributed by atoms with Gasteiger partial charge in [0.2, 0.25) is 0 Å². The number of hydrogen-bond donors (Lipinski definition) is 0. The van der Waals surface area contributed by atoms with Gasteiger partial charge in [-0.1, -0.05) is 0 Å². The summed E-state index contributed by atoms with van der Waals surface area (Å²) in [5, 5.41) is 3.90. The minimum atomic E-state index is 0.980. The number of halogens is 2. The molecule has 0 spiro atoms. The van der Waals surface area contributed by atoms with Gasteiger partial charge in [0.15, 0.2) is 0 Å². The van der Waals surface area contributed by atoms with Crippen LogP contribution in [0.2, 0.25) is 0 Å². The molecule has 0 saturated carbocycles. The molecule has 0 saturated heterocycles. The van der Waals surface area contributed by atoms with Crippen molar-refractivity contribution in [2.45, 2.75) is 0 Å². The van der Waals surface area contributed by atoms with Gasteiger partial charge >= 0.3 is 6.24 Å². The smallest absolute Gasteiger partial charge is 0.307 e. The first-order valence-corrected chi connectivity index (χ1v) is 3.67. The van der Waals surface area contributed by atoms with Crippen molar-refractivity contribution < 1.29 is 0 Å². The van der Waals surface area contributed by atoms with Crippen molar-refractivity contribution in [3.05, 3.63) is 16.9 Å². The van der Waals surface area contributed by atoms with Gasteiger partial charge < -0.3 is 4.59 Å². The molecule has 2 nitrogen and oxygen atoms in total. The number of aromatic nitrogens is 2. The van der Waals surface area contributed by atoms with E-state index in [0.29, 0.717) is 0 Å². The second-order valence-electron chi connectivity index (χ2n) is 1.24. The molecule has 1 radical (unpaired) electrons. The summed E-state index contributed by atoms with van der Waals surface area (Å²) in [7, 11) is 0. The normalized spacial score (nSPS) is 9.25. The van der Waals surface area contributed by atoms with Crippen LogP contribution in [-0.2, 0) is 0 Å². The van der Waals surface area contributed by atoms with Crippen LogP contribution in [0.1, 0.15) is 0 Å². The van der Waals surface area contributed by atoms with Gasteiger partial charge in [0, 0.05) is 6.20 Å². The molecular weight excluding hydrogens is 235 g/mol. The largest absolute Gasteiger partial charge is 0.364 e. The lowest BCUT2D eigenvalue weighted by Crippen LogP contribution is -1.97. The van der Waals surface area contributed by atoms with Crippen LogP contribution < -0.4 is 0 Å². The van der Waals surface area contributed by atoms with Gasteiger partial charge in [0.05, 0.1) is 10.7 Å². The standard InChI is InChI=1S/C3H2BBr2N2/c5-3-1-7-8(2-3)4-6/h1-2H. The average molecular weight is 237 g/mol. The molecule has 8 heavy (non-hydrogen) atoms. The second kappa shape index (κ2) is 2.68. The van der Waals surface area contributed by atoms with Gasteiger partial charge in [-0.15, -0.1) is 15.8 Å². The fourth-order valence-electron chi connectivity index (χ4n) is 0.368. The van der Waals surface area contributed by atoms with Crippen LogP contribution in [0.5, 0.6) is 0 Å². The van der Waals surface area contributed by atoms with E-state index in [1.165, 1.54) is 0 Å². The van der Waals surface area contributed by atoms with E-state index in [1.807, 2.05) is 6.20 Å². The van der Waals surface area contributed by atoms with Gasteiger partial charge in [0.25, 0.3) is 0 Å². The van der Waals surface area contributed by atoms with E-state index in [9.17, 15) is 0 Å². The maximum Gasteiger partial charge on any atom is 0.364 e. The van der Waals surface area contributed by atoms with E-state index in [-0.39, 0.29) is 0 Å². The molecule has 1 aromatic heterocycles. The highest BCUT2D eigenvalue weighted by molar-refractivity contribution is 9.23. The third kappa shape index (κ3) is 1.35. The summed E-state index contributed by atoms with van der Waals surface area (Å²) >= 11 is 6.37. The van der Waals surface area contributed by atoms with Crippen molar-refractivity contribution in [1.82, 2.24) is 9.69 Å². The summed E-state index contributed by atoms with van der Waals surface area (Å²) in [4.78, 5) is 0. The van der Waals surface area contributed by atoms with Gasteiger partial charge in [0.1, 0.15) is 0 Å². The highest BCUT2D eigenvalue weighted by atomic mass is 79.9. The Morgan fingerprint density at radius 1 is 1.75 bits per heavy atom. The Hall–Kier alpha value is 0.235. The van der Waals surface area contributed by atoms with Crippen molar-refractivity contribution in [2.75, 3.05) is 0 Å². The van der Waals surface area contributed by atoms with Crippen molar-refractivity contribution in [3.8, 4) is 0 Å². The van der Waals surface area contributed by atoms with Crippen LogP contribution in [0.3, 0.4) is 0 Å². The minimum Gasteiger partial charge on any atom is -0.307 e. The first-order chi connectivity index (χ1) is 3.83. The van der Waals surface area contributed by atoms with Crippen LogP contribution in [0.4, 0.5) is 0 Å². The Morgan fingerprint density at radius 2 is 2.50 bits per heavy atom. The zero-order chi connectivity index (χ0) is 5.98. The first kappa shape index (κ1) is 6.36. The summed E-state index contributed by atoms with van der Waals surface area (Å²) < 4.78 is 2.64. The summed E-state index contributed by atoms with van der Waals surface area (Å²) in [5.74, 6) is 0. The monoisotopic (exact) mass is 235 g/mol. The molecular formula is C3H2BBr2N2. The maximum atomic E-state index is 3.90. The quantitative estimate of drug-likeness (QED) is 0.675. The summed E-state index contributed by atoms with van der Waals surface area (Å²) in [6, 6.07) is 0. The highest BCUT2D eigenvalue weighted by Crippen LogP contribution is 2.04. The zero-order valence-electron chi connectivity index (χ0n) is 3.88. The lowest BCUT2D eigenvalue weighted by atomic mass is 10.4. The van der Waals surface area contributed by atoms with E-state index in [0.717, 1.165) is 4.47 Å². The van der Waals surface area contributed by atoms with Gasteiger partial charge in [-0.25, -0.2) is 0 Å². The van der Waals surface area contributed by atoms with Crippen LogP contribution in [0.25, 0.3) is 0 Å². The Morgan fingerprint density at radius 3 is 2.75 bits per heavy atom. The molecule has 0 aliphatic rings. The van der Waals surface area contributed by atoms with Crippen molar-refractivity contribution in [3.63, 3.8) is 0 Å². The van der Waals surface area contributed by atoms with Gasteiger partial charge in [-0.05, 0) is 15.9 Å². The second-order valence-corrected chi connectivity index (χ2v) is 2.56. The molecule has 1 aromatic rings. The Kier molecular flexibility index (Phi) is 2.13. The maximum absolute atomic E-state index is 3.90. The van der Waals surface area contributed by atoms with Crippen molar-refractivity contribution in [2.24, 2.45) is 0 Å². The summed E-state index contributed by atoms with van der Waals surface area (Å²) in [6.07, 6.45) is 5.25. The van der Waals surface area contributed by atoms with Crippen molar-refractivity contribution >= 4 is 37.9 Å². The lowest BCUT2D eigenvalue weighted by Gasteiger charge is -1.84. The molecule has 0 bridgehead atoms. The van der Waals surface area contributed by atoms with Crippen LogP contribution in [-0.4, -0.2) is 15.9 Å². The summed E-state index contributed by atoms with van der Waals surface area (Å²) in [5.41, 5.74) is 0. The molecule has 5 heteroatoms. The first-order valence-electron chi connectivity index (χ1n) is 1.96. The Labute approximate surface area is 64.6 Å². The predicted octanol–water partition coefficient (Wildman–Crippen LogP) is 1.42. The fourth-order valence-corrected chi connectivity index (χ4v) is 0.894. The van der Waals surface area contributed by atoms with E-state index in [4.69, 9.17) is 0 Å². The number of hydrogen-bond acceptors (Lipinski definition) is 1. The van der Waals surface area contributed by atoms with Gasteiger partial charge in [-0.2, -0.15) is 5.10 Å². The molecule has 0 aromatic carbocycles. The fraction of sp³-hybridized carbons (Fsp3) is 0. The van der Waals surface area contributed by atoms with Crippen LogP contribution >= 0.6 is 31.7 Å². The molecule has 0 N–H and O–H groups in total. The highest BCUT2D eigenvalue weighted by Gasteiger charge is 1.91. The SMILES string of the molecule is Br[B]n1cc(Br)cn1. The predicted molar refractivity (Wildman–Crippen MR) is 40.0 cm³/mol. The molecule has 1 heterocycles. The molecule has 0 atom stereocenters. The molecule has 0 aliphatic carbocycles. The minimum absolute atomic E-state index is 0.980. The lowest BCUT2D eigenvalue weighted by molar-refractivity contribution is 0.989. The Balaban J connectivity index is 2.84. The van der Waals surface area contributed by atoms with Crippen molar-refractivity contribution in [1.29, 1.82) is 0 Å². The van der Waals surface area contributed by atoms with Crippen LogP contribution in [0.15, 0.2) is 16.9 Å². The average Bonchev–Trinajstić information content (AvgIpc) is 2.14. The summed E-state index contributed by atoms with van der Waals surface area (Å²) in [6.45, 7) is 0. The molecule has 41 valence electrons. The molecule has 1 rings (SSSR count). The van der Waals surface area contributed by atoms with E-state index in [1.54, 1.807) is 17.0 Å². The van der Waals surface area contributed by atoms with E-state index < -0.39 is 0 Å². The topological polar surface area (TPSA) is 17.8 Å². The Bertz CT molecular complexity index is 176. The zero-order valence-corrected chi connectivity index (χ0v) is 7.05. The number of nitrogens with zero attached hydrogens (tertiary/aromatic N) is 2. The molecule has 0 amide bonds. The van der Waals surface area contributed by atoms with E-state index in [2.05, 4.69) is 36.8 Å². The molecule has 0 unspecified atom stereocenters. The van der Waals surface area contributed by atoms with Gasteiger partial charge in [-0.3, -0.25) is 0 Å². The molecule has 0 aliphatic heterocycles.